The maximum Gasteiger partial charge on any atom is 0.338 e. The second-order valence-electron chi connectivity index (χ2n) is 6.61. The average Bonchev–Trinajstić information content (AvgIpc) is 2.73. The predicted molar refractivity (Wildman–Crippen MR) is 113 cm³/mol. The minimum Gasteiger partial charge on any atom is -0.463 e. The summed E-state index contributed by atoms with van der Waals surface area (Å²) in [7, 11) is 0. The van der Waals surface area contributed by atoms with E-state index in [2.05, 4.69) is 16.0 Å². The quantitative estimate of drug-likeness (QED) is 0.458. The Kier molecular flexibility index (Phi) is 7.27. The summed E-state index contributed by atoms with van der Waals surface area (Å²) in [6, 6.07) is 16.1. The fraction of sp³-hybridized carbons (Fsp3) is 0.273. The second kappa shape index (κ2) is 10.1. The van der Waals surface area contributed by atoms with Crippen LogP contribution in [0.25, 0.3) is 0 Å². The van der Waals surface area contributed by atoms with Crippen molar-refractivity contribution in [3.8, 4) is 0 Å². The van der Waals surface area contributed by atoms with Gasteiger partial charge in [0.15, 0.2) is 0 Å². The van der Waals surface area contributed by atoms with Crippen molar-refractivity contribution in [3.05, 3.63) is 82.0 Å². The molecule has 1 aliphatic heterocycles. The zero-order valence-corrected chi connectivity index (χ0v) is 17.0. The van der Waals surface area contributed by atoms with E-state index in [1.54, 1.807) is 6.92 Å². The number of hydrogen-bond donors (Lipinski definition) is 3. The Balaban J connectivity index is 1.76. The minimum atomic E-state index is -0.558. The third kappa shape index (κ3) is 5.59. The van der Waals surface area contributed by atoms with Gasteiger partial charge in [0.05, 0.1) is 18.2 Å². The normalized spacial score (nSPS) is 16.2. The van der Waals surface area contributed by atoms with E-state index in [0.29, 0.717) is 29.4 Å². The highest BCUT2D eigenvalue weighted by molar-refractivity contribution is 6.30. The van der Waals surface area contributed by atoms with Crippen molar-refractivity contribution in [2.75, 3.05) is 19.7 Å². The van der Waals surface area contributed by atoms with Gasteiger partial charge >= 0.3 is 12.0 Å². The Labute approximate surface area is 175 Å². The molecule has 1 atom stereocenters. The Hall–Kier alpha value is -2.83. The molecule has 1 aliphatic rings. The van der Waals surface area contributed by atoms with Gasteiger partial charge in [-0.2, -0.15) is 0 Å². The topological polar surface area (TPSA) is 79.5 Å². The number of ether oxygens (including phenoxy) is 1. The molecule has 1 unspecified atom stereocenters. The molecule has 152 valence electrons. The molecule has 3 rings (SSSR count). The van der Waals surface area contributed by atoms with Crippen LogP contribution in [-0.4, -0.2) is 31.7 Å². The highest BCUT2D eigenvalue weighted by Crippen LogP contribution is 2.27. The van der Waals surface area contributed by atoms with Gasteiger partial charge in [-0.1, -0.05) is 54.1 Å². The molecule has 0 aliphatic carbocycles. The summed E-state index contributed by atoms with van der Waals surface area (Å²) in [6.45, 7) is 3.04. The molecule has 0 spiro atoms. The number of nitrogens with one attached hydrogen (secondary N) is 3. The van der Waals surface area contributed by atoms with Crippen molar-refractivity contribution in [1.29, 1.82) is 0 Å². The van der Waals surface area contributed by atoms with Crippen molar-refractivity contribution in [2.45, 2.75) is 19.4 Å². The number of benzene rings is 2. The van der Waals surface area contributed by atoms with E-state index in [1.807, 2.05) is 54.6 Å². The molecule has 2 amide bonds. The molecule has 6 nitrogen and oxygen atoms in total. The zero-order valence-electron chi connectivity index (χ0n) is 16.2. The van der Waals surface area contributed by atoms with Crippen LogP contribution in [0.5, 0.6) is 0 Å². The molecule has 29 heavy (non-hydrogen) atoms. The van der Waals surface area contributed by atoms with Gasteiger partial charge in [0.1, 0.15) is 0 Å². The number of rotatable bonds is 8. The molecular weight excluding hydrogens is 390 g/mol. The molecule has 0 fully saturated rings. The van der Waals surface area contributed by atoms with E-state index in [0.717, 1.165) is 17.5 Å². The molecule has 3 N–H and O–H groups in total. The first-order chi connectivity index (χ1) is 14.1. The molecule has 1 heterocycles. The molecule has 7 heteroatoms. The number of hydrogen-bond acceptors (Lipinski definition) is 4. The lowest BCUT2D eigenvalue weighted by Gasteiger charge is -2.29. The smallest absolute Gasteiger partial charge is 0.338 e. The molecule has 0 aromatic heterocycles. The monoisotopic (exact) mass is 413 g/mol. The standard InChI is InChI=1S/C22H24ClN3O3/c1-2-29-21(27)19-18(14-24-13-12-15-8-10-17(23)11-9-15)25-22(28)26-20(19)16-6-4-3-5-7-16/h3-11,20,24H,2,12-14H2,1H3,(H2,25,26,28). The van der Waals surface area contributed by atoms with Crippen molar-refractivity contribution in [2.24, 2.45) is 0 Å². The SMILES string of the molecule is CCOC(=O)C1=C(CNCCc2ccc(Cl)cc2)NC(=O)NC1c1ccccc1. The van der Waals surface area contributed by atoms with Crippen molar-refractivity contribution >= 4 is 23.6 Å². The molecule has 0 saturated heterocycles. The van der Waals surface area contributed by atoms with Crippen LogP contribution in [0.3, 0.4) is 0 Å². The summed E-state index contributed by atoms with van der Waals surface area (Å²) in [5.74, 6) is -0.441. The Bertz CT molecular complexity index is 882. The lowest BCUT2D eigenvalue weighted by Crippen LogP contribution is -2.48. The molecule has 2 aromatic rings. The predicted octanol–water partition coefficient (Wildman–Crippen LogP) is 3.34. The number of esters is 1. The number of amides is 2. The highest BCUT2D eigenvalue weighted by Gasteiger charge is 2.33. The summed E-state index contributed by atoms with van der Waals surface area (Å²) < 4.78 is 5.26. The lowest BCUT2D eigenvalue weighted by atomic mass is 9.95. The van der Waals surface area contributed by atoms with E-state index in [4.69, 9.17) is 16.3 Å². The maximum atomic E-state index is 12.7. The number of halogens is 1. The van der Waals surface area contributed by atoms with Crippen molar-refractivity contribution in [3.63, 3.8) is 0 Å². The molecule has 0 radical (unpaired) electrons. The highest BCUT2D eigenvalue weighted by atomic mass is 35.5. The first-order valence-corrected chi connectivity index (χ1v) is 9.94. The Morgan fingerprint density at radius 1 is 1.14 bits per heavy atom. The Morgan fingerprint density at radius 3 is 2.55 bits per heavy atom. The fourth-order valence-corrected chi connectivity index (χ4v) is 3.33. The minimum absolute atomic E-state index is 0.259. The third-order valence-electron chi connectivity index (χ3n) is 4.59. The van der Waals surface area contributed by atoms with E-state index in [-0.39, 0.29) is 12.6 Å². The lowest BCUT2D eigenvalue weighted by molar-refractivity contribution is -0.139. The third-order valence-corrected chi connectivity index (χ3v) is 4.84. The molecule has 0 bridgehead atoms. The van der Waals surface area contributed by atoms with Crippen LogP contribution in [0.4, 0.5) is 4.79 Å². The van der Waals surface area contributed by atoms with E-state index >= 15 is 0 Å². The largest absolute Gasteiger partial charge is 0.463 e. The molecule has 0 saturated carbocycles. The van der Waals surface area contributed by atoms with Crippen LogP contribution in [0.15, 0.2) is 65.9 Å². The van der Waals surface area contributed by atoms with E-state index in [9.17, 15) is 9.59 Å². The van der Waals surface area contributed by atoms with Gasteiger partial charge in [-0.05, 0) is 43.1 Å². The van der Waals surface area contributed by atoms with Gasteiger partial charge in [0, 0.05) is 17.3 Å². The van der Waals surface area contributed by atoms with Crippen LogP contribution in [0, 0.1) is 0 Å². The van der Waals surface area contributed by atoms with E-state index in [1.165, 1.54) is 0 Å². The number of urea groups is 1. The summed E-state index contributed by atoms with van der Waals surface area (Å²) in [5, 5.41) is 9.59. The summed E-state index contributed by atoms with van der Waals surface area (Å²) in [5.41, 5.74) is 2.91. The average molecular weight is 414 g/mol. The first-order valence-electron chi connectivity index (χ1n) is 9.56. The summed E-state index contributed by atoms with van der Waals surface area (Å²) in [4.78, 5) is 24.9. The van der Waals surface area contributed by atoms with Gasteiger partial charge in [-0.15, -0.1) is 0 Å². The van der Waals surface area contributed by atoms with Crippen molar-refractivity contribution in [1.82, 2.24) is 16.0 Å². The Morgan fingerprint density at radius 2 is 1.86 bits per heavy atom. The van der Waals surface area contributed by atoms with Gasteiger partial charge in [-0.3, -0.25) is 0 Å². The fourth-order valence-electron chi connectivity index (χ4n) is 3.20. The van der Waals surface area contributed by atoms with Gasteiger partial charge in [-0.25, -0.2) is 9.59 Å². The van der Waals surface area contributed by atoms with Gasteiger partial charge < -0.3 is 20.7 Å². The van der Waals surface area contributed by atoms with Crippen LogP contribution in [0.1, 0.15) is 24.1 Å². The van der Waals surface area contributed by atoms with Crippen LogP contribution in [-0.2, 0) is 16.0 Å². The number of carbonyl (C=O) groups excluding carboxylic acids is 2. The van der Waals surface area contributed by atoms with Crippen LogP contribution >= 0.6 is 11.6 Å². The van der Waals surface area contributed by atoms with Crippen molar-refractivity contribution < 1.29 is 14.3 Å². The summed E-state index contributed by atoms with van der Waals surface area (Å²) >= 11 is 5.91. The summed E-state index contributed by atoms with van der Waals surface area (Å²) in [6.07, 6.45) is 0.799. The van der Waals surface area contributed by atoms with E-state index < -0.39 is 12.0 Å². The molecular formula is C22H24ClN3O3. The van der Waals surface area contributed by atoms with Gasteiger partial charge in [0.25, 0.3) is 0 Å². The van der Waals surface area contributed by atoms with Crippen LogP contribution in [0.2, 0.25) is 5.02 Å². The first kappa shape index (κ1) is 20.9. The number of carbonyl (C=O) groups is 2. The van der Waals surface area contributed by atoms with Crippen LogP contribution < -0.4 is 16.0 Å². The molecule has 2 aromatic carbocycles. The zero-order chi connectivity index (χ0) is 20.6. The van der Waals surface area contributed by atoms with Gasteiger partial charge in [0.2, 0.25) is 0 Å². The second-order valence-corrected chi connectivity index (χ2v) is 7.04. The maximum absolute atomic E-state index is 12.7.